The number of carbonyl (C=O) groups excluding carboxylic acids is 2. The van der Waals surface area contributed by atoms with Crippen molar-refractivity contribution in [2.45, 2.75) is 94.7 Å². The molecule has 3 aromatic carbocycles. The quantitative estimate of drug-likeness (QED) is 0.145. The molecule has 0 spiro atoms. The molecule has 2 unspecified atom stereocenters. The van der Waals surface area contributed by atoms with Gasteiger partial charge in [-0.3, -0.25) is 9.59 Å². The van der Waals surface area contributed by atoms with Gasteiger partial charge in [0, 0.05) is 29.2 Å². The number of nitrogens with zero attached hydrogens (tertiary/aromatic N) is 1. The first-order valence-electron chi connectivity index (χ1n) is 19.7. The van der Waals surface area contributed by atoms with Crippen molar-refractivity contribution in [2.24, 2.45) is 23.7 Å². The second-order valence-electron chi connectivity index (χ2n) is 16.1. The molecular weight excluding hydrogens is 681 g/mol. The topological polar surface area (TPSA) is 116 Å². The van der Waals surface area contributed by atoms with Gasteiger partial charge in [0.1, 0.15) is 6.10 Å². The van der Waals surface area contributed by atoms with Crippen molar-refractivity contribution < 1.29 is 33.3 Å². The first kappa shape index (κ1) is 36.0. The SMILES string of the molecule is COc1ccc(C2(C#N)CCC[C@@H](CC(=O)OCC3C[C@@H]4C[C@H](Oc5cc(/C=C6/C(=O)Nc7ccccc76)ccc5OC)[C@H]3C4)C2)cc1OC1CCCC1. The number of nitriles is 1. The van der Waals surface area contributed by atoms with Crippen LogP contribution in [-0.4, -0.2) is 44.9 Å². The minimum Gasteiger partial charge on any atom is -0.493 e. The van der Waals surface area contributed by atoms with Gasteiger partial charge in [0.2, 0.25) is 0 Å². The van der Waals surface area contributed by atoms with Gasteiger partial charge in [0.05, 0.1) is 38.4 Å². The highest BCUT2D eigenvalue weighted by Gasteiger charge is 2.48. The smallest absolute Gasteiger partial charge is 0.306 e. The Kier molecular flexibility index (Phi) is 10.3. The molecule has 0 radical (unpaired) electrons. The molecule has 9 nitrogen and oxygen atoms in total. The van der Waals surface area contributed by atoms with Gasteiger partial charge in [-0.25, -0.2) is 0 Å². The van der Waals surface area contributed by atoms with E-state index < -0.39 is 5.41 Å². The van der Waals surface area contributed by atoms with Gasteiger partial charge in [-0.15, -0.1) is 0 Å². The Morgan fingerprint density at radius 2 is 1.69 bits per heavy atom. The minimum absolute atomic E-state index is 0.0126. The Labute approximate surface area is 318 Å². The predicted molar refractivity (Wildman–Crippen MR) is 205 cm³/mol. The number of esters is 1. The van der Waals surface area contributed by atoms with E-state index in [4.69, 9.17) is 23.7 Å². The number of para-hydroxylation sites is 1. The third-order valence-electron chi connectivity index (χ3n) is 12.7. The lowest BCUT2D eigenvalue weighted by Crippen LogP contribution is -2.34. The van der Waals surface area contributed by atoms with E-state index in [2.05, 4.69) is 11.4 Å². The van der Waals surface area contributed by atoms with Crippen LogP contribution < -0.4 is 24.3 Å². The molecule has 4 fully saturated rings. The lowest BCUT2D eigenvalue weighted by molar-refractivity contribution is -0.147. The molecule has 1 N–H and O–H groups in total. The van der Waals surface area contributed by atoms with Crippen molar-refractivity contribution in [3.8, 4) is 29.1 Å². The molecule has 0 aromatic heterocycles. The van der Waals surface area contributed by atoms with E-state index in [9.17, 15) is 14.9 Å². The first-order valence-corrected chi connectivity index (χ1v) is 19.7. The van der Waals surface area contributed by atoms with Crippen LogP contribution >= 0.6 is 0 Å². The van der Waals surface area contributed by atoms with E-state index in [1.54, 1.807) is 14.2 Å². The largest absolute Gasteiger partial charge is 0.493 e. The molecule has 5 aliphatic rings. The zero-order valence-corrected chi connectivity index (χ0v) is 31.3. The number of benzene rings is 3. The molecule has 9 heteroatoms. The van der Waals surface area contributed by atoms with Crippen LogP contribution in [0.3, 0.4) is 0 Å². The molecule has 0 saturated heterocycles. The van der Waals surface area contributed by atoms with Crippen molar-refractivity contribution >= 4 is 29.2 Å². The number of rotatable bonds is 12. The first-order chi connectivity index (χ1) is 26.3. The molecule has 4 saturated carbocycles. The number of nitrogens with one attached hydrogen (secondary N) is 1. The zero-order chi connectivity index (χ0) is 37.2. The number of hydrogen-bond donors (Lipinski definition) is 1. The molecule has 1 heterocycles. The van der Waals surface area contributed by atoms with Gasteiger partial charge in [-0.1, -0.05) is 36.8 Å². The van der Waals surface area contributed by atoms with Crippen molar-refractivity contribution in [2.75, 3.05) is 26.1 Å². The highest BCUT2D eigenvalue weighted by atomic mass is 16.5. The molecule has 4 aliphatic carbocycles. The highest BCUT2D eigenvalue weighted by Crippen LogP contribution is 2.51. The summed E-state index contributed by atoms with van der Waals surface area (Å²) in [5, 5.41) is 13.5. The number of anilines is 1. The average Bonchev–Trinajstić information content (AvgIpc) is 4.00. The van der Waals surface area contributed by atoms with E-state index in [1.165, 1.54) is 12.8 Å². The van der Waals surface area contributed by atoms with Crippen LogP contribution in [0.15, 0.2) is 60.7 Å². The van der Waals surface area contributed by atoms with Crippen LogP contribution in [0, 0.1) is 35.0 Å². The Morgan fingerprint density at radius 3 is 2.46 bits per heavy atom. The van der Waals surface area contributed by atoms with Gasteiger partial charge in [0.25, 0.3) is 5.91 Å². The van der Waals surface area contributed by atoms with Crippen LogP contribution in [0.25, 0.3) is 11.6 Å². The monoisotopic (exact) mass is 730 g/mol. The maximum absolute atomic E-state index is 13.4. The molecular formula is C45H50N2O7. The van der Waals surface area contributed by atoms with E-state index in [1.807, 2.05) is 66.7 Å². The van der Waals surface area contributed by atoms with Gasteiger partial charge in [-0.05, 0) is 129 Å². The summed E-state index contributed by atoms with van der Waals surface area (Å²) in [6.45, 7) is 0.383. The fourth-order valence-electron chi connectivity index (χ4n) is 9.98. The number of ether oxygens (including phenoxy) is 5. The molecule has 6 atom stereocenters. The second-order valence-corrected chi connectivity index (χ2v) is 16.1. The Hall–Kier alpha value is -4.97. The fourth-order valence-corrected chi connectivity index (χ4v) is 9.98. The average molecular weight is 731 g/mol. The lowest BCUT2D eigenvalue weighted by Gasteiger charge is -2.36. The summed E-state index contributed by atoms with van der Waals surface area (Å²) in [5.41, 5.74) is 3.44. The number of hydrogen-bond acceptors (Lipinski definition) is 8. The van der Waals surface area contributed by atoms with Crippen LogP contribution in [0.4, 0.5) is 5.69 Å². The third kappa shape index (κ3) is 7.28. The third-order valence-corrected chi connectivity index (χ3v) is 12.7. The molecule has 282 valence electrons. The zero-order valence-electron chi connectivity index (χ0n) is 31.3. The molecule has 3 aromatic rings. The van der Waals surface area contributed by atoms with Crippen LogP contribution in [0.1, 0.15) is 93.7 Å². The maximum Gasteiger partial charge on any atom is 0.306 e. The molecule has 1 aliphatic heterocycles. The standard InChI is InChI=1S/C45H50N2O7/c1-50-38-15-13-28(19-36-34-11-5-6-12-37(34)47-44(36)49)21-41(38)54-40-22-30-18-31(35(40)20-30)26-52-43(48)23-29-8-7-17-45(25-29,27-46)32-14-16-39(51-2)42(24-32)53-33-9-3-4-10-33/h5-6,11-16,19,21,24,29-31,33,35,40H,3-4,7-10,17-18,20,22-23,25-26H2,1-2H3,(H,47,49)/b36-19+/t29-,30-,31?,35-,40-,45?/m0/s1. The summed E-state index contributed by atoms with van der Waals surface area (Å²) in [6.07, 6.45) is 13.0. The summed E-state index contributed by atoms with van der Waals surface area (Å²) in [5.74, 6) is 3.49. The lowest BCUT2D eigenvalue weighted by atomic mass is 9.66. The molecule has 1 amide bonds. The molecule has 54 heavy (non-hydrogen) atoms. The van der Waals surface area contributed by atoms with Crippen LogP contribution in [-0.2, 0) is 19.7 Å². The Balaban J connectivity index is 0.887. The van der Waals surface area contributed by atoms with Gasteiger partial charge in [0.15, 0.2) is 23.0 Å². The van der Waals surface area contributed by atoms with Crippen molar-refractivity contribution in [3.63, 3.8) is 0 Å². The number of amides is 1. The summed E-state index contributed by atoms with van der Waals surface area (Å²) >= 11 is 0. The van der Waals surface area contributed by atoms with E-state index in [0.29, 0.717) is 53.9 Å². The van der Waals surface area contributed by atoms with Crippen molar-refractivity contribution in [1.82, 2.24) is 0 Å². The summed E-state index contributed by atoms with van der Waals surface area (Å²) in [7, 11) is 3.29. The van der Waals surface area contributed by atoms with Crippen LogP contribution in [0.5, 0.6) is 23.0 Å². The highest BCUT2D eigenvalue weighted by molar-refractivity contribution is 6.34. The summed E-state index contributed by atoms with van der Waals surface area (Å²) in [6, 6.07) is 22.0. The summed E-state index contributed by atoms with van der Waals surface area (Å²) < 4.78 is 30.4. The Morgan fingerprint density at radius 1 is 0.907 bits per heavy atom. The van der Waals surface area contributed by atoms with Crippen LogP contribution in [0.2, 0.25) is 0 Å². The Bertz CT molecular complexity index is 1960. The fraction of sp³-hybridized carbons (Fsp3) is 0.489. The second kappa shape index (κ2) is 15.4. The minimum atomic E-state index is -0.679. The van der Waals surface area contributed by atoms with Crippen molar-refractivity contribution in [3.05, 3.63) is 77.4 Å². The molecule has 2 bridgehead atoms. The number of fused-ring (bicyclic) bond motifs is 3. The number of carbonyl (C=O) groups is 2. The van der Waals surface area contributed by atoms with Gasteiger partial charge in [-0.2, -0.15) is 5.26 Å². The number of methoxy groups -OCH3 is 2. The van der Waals surface area contributed by atoms with E-state index in [0.717, 1.165) is 73.7 Å². The van der Waals surface area contributed by atoms with E-state index >= 15 is 0 Å². The molecule has 8 rings (SSSR count). The van der Waals surface area contributed by atoms with E-state index in [-0.39, 0.29) is 41.8 Å². The summed E-state index contributed by atoms with van der Waals surface area (Å²) in [4.78, 5) is 26.1. The maximum atomic E-state index is 13.4. The van der Waals surface area contributed by atoms with Gasteiger partial charge >= 0.3 is 5.97 Å². The normalized spacial score (nSPS) is 28.0. The van der Waals surface area contributed by atoms with Crippen molar-refractivity contribution in [1.29, 1.82) is 5.26 Å². The van der Waals surface area contributed by atoms with Gasteiger partial charge < -0.3 is 29.0 Å². The predicted octanol–water partition coefficient (Wildman–Crippen LogP) is 8.90.